The van der Waals surface area contributed by atoms with E-state index in [1.807, 2.05) is 0 Å². The van der Waals surface area contributed by atoms with Gasteiger partial charge >= 0.3 is 6.18 Å². The Balaban J connectivity index is 1.25. The van der Waals surface area contributed by atoms with Crippen LogP contribution in [0, 0.1) is 5.92 Å². The first kappa shape index (κ1) is 21.4. The summed E-state index contributed by atoms with van der Waals surface area (Å²) in [6.45, 7) is 0.805. The Morgan fingerprint density at radius 2 is 1.87 bits per heavy atom. The molecule has 4 rings (SSSR count). The van der Waals surface area contributed by atoms with Crippen molar-refractivity contribution in [1.82, 2.24) is 15.5 Å². The molecule has 30 heavy (non-hydrogen) atoms. The molecule has 162 valence electrons. The van der Waals surface area contributed by atoms with Gasteiger partial charge in [0.25, 0.3) is 5.91 Å². The minimum atomic E-state index is -4.52. The van der Waals surface area contributed by atoms with Gasteiger partial charge in [-0.1, -0.05) is 22.9 Å². The van der Waals surface area contributed by atoms with Crippen LogP contribution in [0.15, 0.2) is 18.2 Å². The van der Waals surface area contributed by atoms with Gasteiger partial charge in [0.05, 0.1) is 16.1 Å². The molecule has 0 aliphatic heterocycles. The number of alkyl halides is 3. The van der Waals surface area contributed by atoms with Gasteiger partial charge in [-0.25, -0.2) is 0 Å². The Labute approximate surface area is 181 Å². The number of anilines is 1. The molecular formula is C20H22ClF3N4OS. The van der Waals surface area contributed by atoms with Gasteiger partial charge in [-0.15, -0.1) is 10.2 Å². The number of nitrogens with zero attached hydrogens (tertiary/aromatic N) is 2. The zero-order valence-corrected chi connectivity index (χ0v) is 17.7. The van der Waals surface area contributed by atoms with Gasteiger partial charge in [0.2, 0.25) is 5.13 Å². The number of amides is 1. The Hall–Kier alpha value is -1.87. The second-order valence-electron chi connectivity index (χ2n) is 7.98. The third kappa shape index (κ3) is 5.24. The Morgan fingerprint density at radius 3 is 2.53 bits per heavy atom. The van der Waals surface area contributed by atoms with E-state index in [9.17, 15) is 18.0 Å². The third-order valence-electron chi connectivity index (χ3n) is 5.63. The number of benzene rings is 1. The monoisotopic (exact) mass is 458 g/mol. The van der Waals surface area contributed by atoms with Gasteiger partial charge in [0.1, 0.15) is 5.01 Å². The topological polar surface area (TPSA) is 66.9 Å². The molecule has 2 fully saturated rings. The molecular weight excluding hydrogens is 437 g/mol. The van der Waals surface area contributed by atoms with Crippen molar-refractivity contribution in [3.63, 3.8) is 0 Å². The van der Waals surface area contributed by atoms with Crippen molar-refractivity contribution in [2.45, 2.75) is 56.7 Å². The predicted molar refractivity (Wildman–Crippen MR) is 110 cm³/mol. The van der Waals surface area contributed by atoms with Crippen molar-refractivity contribution in [2.75, 3.05) is 11.9 Å². The molecule has 2 aliphatic rings. The molecule has 1 aromatic heterocycles. The number of carbonyl (C=O) groups excluding carboxylic acids is 1. The summed E-state index contributed by atoms with van der Waals surface area (Å²) in [6.07, 6.45) is 1.28. The summed E-state index contributed by atoms with van der Waals surface area (Å²) in [4.78, 5) is 12.5. The highest BCUT2D eigenvalue weighted by Gasteiger charge is 2.32. The number of hydrogen-bond acceptors (Lipinski definition) is 5. The zero-order valence-electron chi connectivity index (χ0n) is 16.1. The molecule has 0 unspecified atom stereocenters. The minimum absolute atomic E-state index is 0.0148. The normalized spacial score (nSPS) is 22.0. The van der Waals surface area contributed by atoms with Gasteiger partial charge in [-0.2, -0.15) is 13.2 Å². The number of halogens is 4. The third-order valence-corrected chi connectivity index (χ3v) is 7.00. The van der Waals surface area contributed by atoms with E-state index < -0.39 is 17.6 Å². The molecule has 0 atom stereocenters. The molecule has 0 radical (unpaired) electrons. The molecule has 2 N–H and O–H groups in total. The number of hydrogen-bond donors (Lipinski definition) is 2. The fraction of sp³-hybridized carbons (Fsp3) is 0.550. The second-order valence-corrected chi connectivity index (χ2v) is 9.40. The molecule has 1 amide bonds. The van der Waals surface area contributed by atoms with Crippen molar-refractivity contribution < 1.29 is 18.0 Å². The molecule has 0 spiro atoms. The molecule has 0 bridgehead atoms. The average Bonchev–Trinajstić information content (AvgIpc) is 3.45. The Kier molecular flexibility index (Phi) is 6.20. The summed E-state index contributed by atoms with van der Waals surface area (Å²) in [6, 6.07) is 2.74. The first-order chi connectivity index (χ1) is 14.3. The lowest BCUT2D eigenvalue weighted by molar-refractivity contribution is -0.137. The second kappa shape index (κ2) is 8.70. The van der Waals surface area contributed by atoms with E-state index in [4.69, 9.17) is 11.6 Å². The summed E-state index contributed by atoms with van der Waals surface area (Å²) < 4.78 is 38.7. The van der Waals surface area contributed by atoms with Gasteiger partial charge < -0.3 is 10.6 Å². The van der Waals surface area contributed by atoms with Crippen molar-refractivity contribution in [2.24, 2.45) is 5.92 Å². The van der Waals surface area contributed by atoms with Crippen molar-refractivity contribution in [1.29, 1.82) is 0 Å². The van der Waals surface area contributed by atoms with Crippen LogP contribution in [-0.4, -0.2) is 28.7 Å². The fourth-order valence-corrected chi connectivity index (χ4v) is 4.81. The van der Waals surface area contributed by atoms with Crippen LogP contribution in [0.5, 0.6) is 0 Å². The SMILES string of the molecule is O=C(NC1CCC(CNc2nnc(C3CC3)s2)CC1)c1cc(C(F)(F)F)ccc1Cl. The van der Waals surface area contributed by atoms with E-state index in [0.29, 0.717) is 11.8 Å². The standard InChI is InChI=1S/C20H22ClF3N4OS/c21-16-8-5-13(20(22,23)24)9-15(16)17(29)26-14-6-1-11(2-7-14)10-25-19-28-27-18(30-19)12-3-4-12/h5,8-9,11-12,14H,1-4,6-7,10H2,(H,25,28)(H,26,29). The van der Waals surface area contributed by atoms with Crippen molar-refractivity contribution in [3.05, 3.63) is 39.4 Å². The first-order valence-corrected chi connectivity index (χ1v) is 11.2. The Morgan fingerprint density at radius 1 is 1.13 bits per heavy atom. The molecule has 5 nitrogen and oxygen atoms in total. The van der Waals surface area contributed by atoms with Crippen LogP contribution in [0.25, 0.3) is 0 Å². The van der Waals surface area contributed by atoms with Gasteiger partial charge in [0, 0.05) is 18.5 Å². The van der Waals surface area contributed by atoms with E-state index in [-0.39, 0.29) is 16.6 Å². The van der Waals surface area contributed by atoms with Crippen LogP contribution in [0.4, 0.5) is 18.3 Å². The molecule has 0 saturated heterocycles. The highest BCUT2D eigenvalue weighted by Crippen LogP contribution is 2.42. The summed E-state index contributed by atoms with van der Waals surface area (Å²) in [7, 11) is 0. The number of nitrogens with one attached hydrogen (secondary N) is 2. The van der Waals surface area contributed by atoms with E-state index in [2.05, 4.69) is 20.8 Å². The van der Waals surface area contributed by atoms with E-state index in [0.717, 1.165) is 60.6 Å². The summed E-state index contributed by atoms with van der Waals surface area (Å²) in [5.41, 5.74) is -1.02. The zero-order chi connectivity index (χ0) is 21.3. The maximum Gasteiger partial charge on any atom is 0.416 e. The number of aromatic nitrogens is 2. The summed E-state index contributed by atoms with van der Waals surface area (Å²) in [5, 5.41) is 16.6. The van der Waals surface area contributed by atoms with E-state index in [1.54, 1.807) is 11.3 Å². The number of rotatable bonds is 6. The highest BCUT2D eigenvalue weighted by atomic mass is 35.5. The first-order valence-electron chi connectivity index (χ1n) is 10.0. The molecule has 10 heteroatoms. The van der Waals surface area contributed by atoms with Crippen molar-refractivity contribution >= 4 is 34.0 Å². The highest BCUT2D eigenvalue weighted by molar-refractivity contribution is 7.15. The van der Waals surface area contributed by atoms with Crippen LogP contribution in [-0.2, 0) is 6.18 Å². The van der Waals surface area contributed by atoms with E-state index in [1.165, 1.54) is 12.8 Å². The van der Waals surface area contributed by atoms with Gasteiger partial charge in [-0.3, -0.25) is 4.79 Å². The van der Waals surface area contributed by atoms with Gasteiger partial charge in [-0.05, 0) is 62.6 Å². The van der Waals surface area contributed by atoms with Crippen LogP contribution in [0.1, 0.15) is 65.4 Å². The average molecular weight is 459 g/mol. The van der Waals surface area contributed by atoms with Gasteiger partial charge in [0.15, 0.2) is 0 Å². The van der Waals surface area contributed by atoms with Crippen LogP contribution >= 0.6 is 22.9 Å². The van der Waals surface area contributed by atoms with Crippen molar-refractivity contribution in [3.8, 4) is 0 Å². The van der Waals surface area contributed by atoms with E-state index >= 15 is 0 Å². The lowest BCUT2D eigenvalue weighted by Crippen LogP contribution is -2.38. The minimum Gasteiger partial charge on any atom is -0.360 e. The van der Waals surface area contributed by atoms with Crippen LogP contribution < -0.4 is 10.6 Å². The quantitative estimate of drug-likeness (QED) is 0.600. The van der Waals surface area contributed by atoms with Crippen LogP contribution in [0.3, 0.4) is 0 Å². The maximum absolute atomic E-state index is 12.9. The largest absolute Gasteiger partial charge is 0.416 e. The predicted octanol–water partition coefficient (Wildman–Crippen LogP) is 5.49. The molecule has 2 aliphatic carbocycles. The molecule has 2 saturated carbocycles. The summed E-state index contributed by atoms with van der Waals surface area (Å²) >= 11 is 7.58. The number of carbonyl (C=O) groups is 1. The molecule has 1 heterocycles. The van der Waals surface area contributed by atoms with Crippen LogP contribution in [0.2, 0.25) is 5.02 Å². The maximum atomic E-state index is 12.9. The molecule has 1 aromatic carbocycles. The lowest BCUT2D eigenvalue weighted by atomic mass is 9.86. The molecule has 2 aromatic rings. The smallest absolute Gasteiger partial charge is 0.360 e. The lowest BCUT2D eigenvalue weighted by Gasteiger charge is -2.29. The summed E-state index contributed by atoms with van der Waals surface area (Å²) in [5.74, 6) is 0.500. The Bertz CT molecular complexity index is 908. The fourth-order valence-electron chi connectivity index (χ4n) is 3.68.